The van der Waals surface area contributed by atoms with Gasteiger partial charge in [0.1, 0.15) is 10.8 Å². The Bertz CT molecular complexity index is 563. The van der Waals surface area contributed by atoms with E-state index < -0.39 is 22.5 Å². The van der Waals surface area contributed by atoms with E-state index in [1.807, 2.05) is 0 Å². The van der Waals surface area contributed by atoms with Crippen LogP contribution in [0.15, 0.2) is 20.1 Å². The third kappa shape index (κ3) is 3.36. The van der Waals surface area contributed by atoms with Gasteiger partial charge in [0.25, 0.3) is 10.0 Å². The van der Waals surface area contributed by atoms with Crippen molar-refractivity contribution in [3.05, 3.63) is 15.9 Å². The molecule has 0 bridgehead atoms. The number of carboxylic acids is 1. The molecule has 0 radical (unpaired) electrons. The molecule has 1 saturated carbocycles. The highest BCUT2D eigenvalue weighted by Crippen LogP contribution is 2.32. The van der Waals surface area contributed by atoms with Crippen LogP contribution in [0, 0.1) is 0 Å². The van der Waals surface area contributed by atoms with Crippen LogP contribution in [0.3, 0.4) is 0 Å². The maximum atomic E-state index is 12.5. The molecule has 106 valence electrons. The monoisotopic (exact) mass is 367 g/mol. The van der Waals surface area contributed by atoms with Crippen molar-refractivity contribution in [2.45, 2.75) is 35.9 Å². The van der Waals surface area contributed by atoms with Crippen molar-refractivity contribution in [2.75, 3.05) is 6.54 Å². The zero-order valence-corrected chi connectivity index (χ0v) is 13.3. The molecule has 0 spiro atoms. The van der Waals surface area contributed by atoms with Gasteiger partial charge in [0.15, 0.2) is 0 Å². The van der Waals surface area contributed by atoms with Gasteiger partial charge in [0, 0.05) is 6.04 Å². The lowest BCUT2D eigenvalue weighted by atomic mass is 10.2. The predicted molar refractivity (Wildman–Crippen MR) is 75.8 cm³/mol. The van der Waals surface area contributed by atoms with Crippen LogP contribution in [-0.4, -0.2) is 36.4 Å². The molecule has 2 rings (SSSR count). The molecule has 5 nitrogen and oxygen atoms in total. The van der Waals surface area contributed by atoms with Gasteiger partial charge in [-0.2, -0.15) is 4.31 Å². The summed E-state index contributed by atoms with van der Waals surface area (Å²) >= 11 is 4.33. The van der Waals surface area contributed by atoms with Crippen molar-refractivity contribution in [1.82, 2.24) is 4.31 Å². The van der Waals surface area contributed by atoms with E-state index in [1.54, 1.807) is 6.07 Å². The Labute approximate surface area is 124 Å². The third-order valence-corrected chi connectivity index (χ3v) is 7.12. The lowest BCUT2D eigenvalue weighted by Crippen LogP contribution is -2.41. The topological polar surface area (TPSA) is 74.7 Å². The van der Waals surface area contributed by atoms with Crippen molar-refractivity contribution < 1.29 is 18.3 Å². The van der Waals surface area contributed by atoms with Crippen LogP contribution in [0.1, 0.15) is 25.7 Å². The molecule has 0 saturated heterocycles. The molecule has 0 amide bonds. The summed E-state index contributed by atoms with van der Waals surface area (Å²) in [5, 5.41) is 8.95. The Kier molecular flexibility index (Phi) is 4.65. The summed E-state index contributed by atoms with van der Waals surface area (Å²) < 4.78 is 27.1. The SMILES string of the molecule is O=C(O)CN(C1CCCC1)S(=O)(=O)c1ccc(Br)s1. The highest BCUT2D eigenvalue weighted by molar-refractivity contribution is 9.11. The summed E-state index contributed by atoms with van der Waals surface area (Å²) in [5.41, 5.74) is 0. The Morgan fingerprint density at radius 3 is 2.53 bits per heavy atom. The van der Waals surface area contributed by atoms with Crippen molar-refractivity contribution >= 4 is 43.3 Å². The van der Waals surface area contributed by atoms with Gasteiger partial charge in [0.05, 0.1) is 3.79 Å². The summed E-state index contributed by atoms with van der Waals surface area (Å²) in [6.07, 6.45) is 3.37. The summed E-state index contributed by atoms with van der Waals surface area (Å²) in [6.45, 7) is -0.470. The summed E-state index contributed by atoms with van der Waals surface area (Å²) in [7, 11) is -3.72. The molecular weight excluding hydrogens is 354 g/mol. The molecule has 8 heteroatoms. The van der Waals surface area contributed by atoms with Gasteiger partial charge in [-0.1, -0.05) is 12.8 Å². The molecule has 1 aliphatic carbocycles. The first-order valence-electron chi connectivity index (χ1n) is 5.90. The van der Waals surface area contributed by atoms with E-state index >= 15 is 0 Å². The third-order valence-electron chi connectivity index (χ3n) is 3.13. The van der Waals surface area contributed by atoms with E-state index in [4.69, 9.17) is 5.11 Å². The quantitative estimate of drug-likeness (QED) is 0.867. The van der Waals surface area contributed by atoms with E-state index in [-0.39, 0.29) is 10.3 Å². The molecule has 1 fully saturated rings. The molecular formula is C11H14BrNO4S2. The first kappa shape index (κ1) is 15.0. The summed E-state index contributed by atoms with van der Waals surface area (Å²) in [4.78, 5) is 10.9. The average Bonchev–Trinajstić information content (AvgIpc) is 2.96. The van der Waals surface area contributed by atoms with E-state index in [2.05, 4.69) is 15.9 Å². The van der Waals surface area contributed by atoms with Crippen LogP contribution in [-0.2, 0) is 14.8 Å². The highest BCUT2D eigenvalue weighted by Gasteiger charge is 2.35. The molecule has 1 aromatic heterocycles. The lowest BCUT2D eigenvalue weighted by molar-refractivity contribution is -0.137. The second kappa shape index (κ2) is 5.90. The largest absolute Gasteiger partial charge is 0.480 e. The molecule has 0 aromatic carbocycles. The molecule has 1 N–H and O–H groups in total. The fourth-order valence-corrected chi connectivity index (χ4v) is 6.06. The molecule has 1 heterocycles. The van der Waals surface area contributed by atoms with Crippen molar-refractivity contribution in [3.8, 4) is 0 Å². The Morgan fingerprint density at radius 2 is 2.05 bits per heavy atom. The van der Waals surface area contributed by atoms with E-state index in [0.29, 0.717) is 3.79 Å². The fourth-order valence-electron chi connectivity index (χ4n) is 2.29. The van der Waals surface area contributed by atoms with Gasteiger partial charge in [-0.3, -0.25) is 4.79 Å². The normalized spacial score (nSPS) is 17.2. The Balaban J connectivity index is 2.33. The number of sulfonamides is 1. The smallest absolute Gasteiger partial charge is 0.318 e. The van der Waals surface area contributed by atoms with E-state index in [1.165, 1.54) is 6.07 Å². The van der Waals surface area contributed by atoms with Crippen LogP contribution in [0.25, 0.3) is 0 Å². The van der Waals surface area contributed by atoms with Gasteiger partial charge >= 0.3 is 5.97 Å². The molecule has 0 unspecified atom stereocenters. The first-order chi connectivity index (χ1) is 8.91. The average molecular weight is 368 g/mol. The van der Waals surface area contributed by atoms with Crippen LogP contribution >= 0.6 is 27.3 Å². The molecule has 19 heavy (non-hydrogen) atoms. The van der Waals surface area contributed by atoms with Crippen molar-refractivity contribution in [3.63, 3.8) is 0 Å². The maximum Gasteiger partial charge on any atom is 0.318 e. The van der Waals surface area contributed by atoms with Gasteiger partial charge < -0.3 is 5.11 Å². The van der Waals surface area contributed by atoms with Gasteiger partial charge in [-0.15, -0.1) is 11.3 Å². The standard InChI is InChI=1S/C11H14BrNO4S2/c12-9-5-6-11(18-9)19(16,17)13(7-10(14)15)8-3-1-2-4-8/h5-6,8H,1-4,7H2,(H,14,15). The minimum Gasteiger partial charge on any atom is -0.480 e. The highest BCUT2D eigenvalue weighted by atomic mass is 79.9. The van der Waals surface area contributed by atoms with Crippen molar-refractivity contribution in [1.29, 1.82) is 0 Å². The van der Waals surface area contributed by atoms with Crippen LogP contribution < -0.4 is 0 Å². The number of carboxylic acid groups (broad SMARTS) is 1. The van der Waals surface area contributed by atoms with Gasteiger partial charge in [-0.25, -0.2) is 8.42 Å². The van der Waals surface area contributed by atoms with Crippen molar-refractivity contribution in [2.24, 2.45) is 0 Å². The number of thiophene rings is 1. The van der Waals surface area contributed by atoms with Gasteiger partial charge in [-0.05, 0) is 40.9 Å². The van der Waals surface area contributed by atoms with E-state index in [0.717, 1.165) is 41.3 Å². The number of rotatable bonds is 5. The second-order valence-corrected chi connectivity index (χ2v) is 9.02. The number of nitrogens with zero attached hydrogens (tertiary/aromatic N) is 1. The van der Waals surface area contributed by atoms with Crippen LogP contribution in [0.5, 0.6) is 0 Å². The first-order valence-corrected chi connectivity index (χ1v) is 8.95. The number of hydrogen-bond donors (Lipinski definition) is 1. The number of halogens is 1. The summed E-state index contributed by atoms with van der Waals surface area (Å²) in [5.74, 6) is -1.12. The number of carbonyl (C=O) groups is 1. The zero-order chi connectivity index (χ0) is 14.0. The maximum absolute atomic E-state index is 12.5. The second-order valence-electron chi connectivity index (χ2n) is 4.44. The molecule has 0 aliphatic heterocycles. The Hall–Kier alpha value is -0.440. The number of aliphatic carboxylic acids is 1. The number of hydrogen-bond acceptors (Lipinski definition) is 4. The van der Waals surface area contributed by atoms with Crippen LogP contribution in [0.2, 0.25) is 0 Å². The zero-order valence-electron chi connectivity index (χ0n) is 10.1. The Morgan fingerprint density at radius 1 is 1.42 bits per heavy atom. The van der Waals surface area contributed by atoms with Gasteiger partial charge in [0.2, 0.25) is 0 Å². The molecule has 1 aliphatic rings. The fraction of sp³-hybridized carbons (Fsp3) is 0.545. The molecule has 1 aromatic rings. The molecule has 0 atom stereocenters. The summed E-state index contributed by atoms with van der Waals surface area (Å²) in [6, 6.07) is 2.97. The van der Waals surface area contributed by atoms with E-state index in [9.17, 15) is 13.2 Å². The predicted octanol–water partition coefficient (Wildman–Crippen LogP) is 2.53. The lowest BCUT2D eigenvalue weighted by Gasteiger charge is -2.25. The minimum absolute atomic E-state index is 0.188. The minimum atomic E-state index is -3.72. The van der Waals surface area contributed by atoms with Crippen LogP contribution in [0.4, 0.5) is 0 Å².